The molecule has 0 saturated carbocycles. The molecule has 1 heterocycles. The Balaban J connectivity index is 2.14. The Hall–Kier alpha value is -0.440. The van der Waals surface area contributed by atoms with Crippen LogP contribution in [0.1, 0.15) is 32.3 Å². The van der Waals surface area contributed by atoms with Crippen LogP contribution in [0.2, 0.25) is 10.0 Å². The first-order chi connectivity index (χ1) is 8.49. The van der Waals surface area contributed by atoms with E-state index in [1.807, 2.05) is 12.1 Å². The first kappa shape index (κ1) is 14.0. The molecule has 1 fully saturated rings. The van der Waals surface area contributed by atoms with Gasteiger partial charge in [-0.05, 0) is 43.0 Å². The van der Waals surface area contributed by atoms with Gasteiger partial charge in [-0.15, -0.1) is 0 Å². The second kappa shape index (κ2) is 5.68. The van der Waals surface area contributed by atoms with Crippen LogP contribution in [0, 0.1) is 5.92 Å². The van der Waals surface area contributed by atoms with Crippen LogP contribution in [-0.2, 0) is 6.54 Å². The number of halogens is 2. The quantitative estimate of drug-likeness (QED) is 0.844. The zero-order valence-corrected chi connectivity index (χ0v) is 12.4. The number of rotatable bonds is 3. The summed E-state index contributed by atoms with van der Waals surface area (Å²) in [5.74, 6) is 0.687. The number of anilines is 1. The van der Waals surface area contributed by atoms with E-state index in [9.17, 15) is 0 Å². The Morgan fingerprint density at radius 2 is 1.94 bits per heavy atom. The largest absolute Gasteiger partial charge is 0.396 e. The van der Waals surface area contributed by atoms with Crippen molar-refractivity contribution in [1.29, 1.82) is 0 Å². The van der Waals surface area contributed by atoms with Crippen LogP contribution in [0.15, 0.2) is 12.1 Å². The van der Waals surface area contributed by atoms with Gasteiger partial charge in [-0.3, -0.25) is 4.90 Å². The molecule has 1 saturated heterocycles. The molecule has 2 N–H and O–H groups in total. The lowest BCUT2D eigenvalue weighted by molar-refractivity contribution is 0.199. The summed E-state index contributed by atoms with van der Waals surface area (Å²) in [6.45, 7) is 6.63. The maximum absolute atomic E-state index is 6.08. The van der Waals surface area contributed by atoms with Crippen molar-refractivity contribution in [3.63, 3.8) is 0 Å². The molecule has 0 aliphatic carbocycles. The first-order valence-corrected chi connectivity index (χ1v) is 7.22. The lowest BCUT2D eigenvalue weighted by Crippen LogP contribution is -2.32. The molecule has 0 amide bonds. The molecule has 2 nitrogen and oxygen atoms in total. The van der Waals surface area contributed by atoms with Crippen LogP contribution in [0.4, 0.5) is 5.69 Å². The molecule has 1 unspecified atom stereocenters. The minimum Gasteiger partial charge on any atom is -0.396 e. The van der Waals surface area contributed by atoms with Crippen LogP contribution in [0.5, 0.6) is 0 Å². The SMILES string of the molecule is CC(C)C1CCCN1Cc1cc(Cl)c(N)c(Cl)c1. The van der Waals surface area contributed by atoms with Gasteiger partial charge in [-0.25, -0.2) is 0 Å². The number of nitrogen functional groups attached to an aromatic ring is 1. The highest BCUT2D eigenvalue weighted by Crippen LogP contribution is 2.31. The molecule has 1 aliphatic rings. The topological polar surface area (TPSA) is 29.3 Å². The predicted molar refractivity (Wildman–Crippen MR) is 79.1 cm³/mol. The van der Waals surface area contributed by atoms with E-state index in [0.29, 0.717) is 27.7 Å². The highest BCUT2D eigenvalue weighted by atomic mass is 35.5. The van der Waals surface area contributed by atoms with Crippen LogP contribution in [0.3, 0.4) is 0 Å². The molecule has 1 aliphatic heterocycles. The highest BCUT2D eigenvalue weighted by Gasteiger charge is 2.27. The molecule has 18 heavy (non-hydrogen) atoms. The van der Waals surface area contributed by atoms with E-state index >= 15 is 0 Å². The van der Waals surface area contributed by atoms with Crippen LogP contribution in [0.25, 0.3) is 0 Å². The van der Waals surface area contributed by atoms with E-state index in [1.54, 1.807) is 0 Å². The summed E-state index contributed by atoms with van der Waals surface area (Å²) in [7, 11) is 0. The van der Waals surface area contributed by atoms with E-state index in [2.05, 4.69) is 18.7 Å². The van der Waals surface area contributed by atoms with Gasteiger partial charge in [0.1, 0.15) is 0 Å². The third-order valence-electron chi connectivity index (χ3n) is 3.71. The normalized spacial score (nSPS) is 20.8. The van der Waals surface area contributed by atoms with Gasteiger partial charge in [0.25, 0.3) is 0 Å². The van der Waals surface area contributed by atoms with E-state index in [4.69, 9.17) is 28.9 Å². The molecular formula is C14H20Cl2N2. The van der Waals surface area contributed by atoms with Gasteiger partial charge in [0.2, 0.25) is 0 Å². The standard InChI is InChI=1S/C14H20Cl2N2/c1-9(2)13-4-3-5-18(13)8-10-6-11(15)14(17)12(16)7-10/h6-7,9,13H,3-5,8,17H2,1-2H3. The van der Waals surface area contributed by atoms with Crippen molar-refractivity contribution in [2.75, 3.05) is 12.3 Å². The third-order valence-corrected chi connectivity index (χ3v) is 4.33. The van der Waals surface area contributed by atoms with Gasteiger partial charge in [-0.1, -0.05) is 37.0 Å². The average Bonchev–Trinajstić information content (AvgIpc) is 2.74. The van der Waals surface area contributed by atoms with Gasteiger partial charge in [0.05, 0.1) is 15.7 Å². The van der Waals surface area contributed by atoms with E-state index < -0.39 is 0 Å². The predicted octanol–water partition coefficient (Wildman–Crippen LogP) is 4.20. The number of hydrogen-bond donors (Lipinski definition) is 1. The molecule has 1 aromatic carbocycles. The molecule has 0 spiro atoms. The van der Waals surface area contributed by atoms with Crippen molar-refractivity contribution in [2.24, 2.45) is 5.92 Å². The van der Waals surface area contributed by atoms with Crippen molar-refractivity contribution >= 4 is 28.9 Å². The fraction of sp³-hybridized carbons (Fsp3) is 0.571. The zero-order valence-electron chi connectivity index (χ0n) is 10.9. The fourth-order valence-corrected chi connectivity index (χ4v) is 3.30. The molecule has 0 bridgehead atoms. The van der Waals surface area contributed by atoms with E-state index in [-0.39, 0.29) is 0 Å². The van der Waals surface area contributed by atoms with Crippen molar-refractivity contribution in [2.45, 2.75) is 39.3 Å². The summed E-state index contributed by atoms with van der Waals surface area (Å²) in [4.78, 5) is 2.52. The van der Waals surface area contributed by atoms with Gasteiger partial charge in [0, 0.05) is 12.6 Å². The smallest absolute Gasteiger partial charge is 0.0693 e. The Kier molecular flexibility index (Phi) is 4.41. The average molecular weight is 287 g/mol. The minimum absolute atomic E-state index is 0.476. The molecule has 100 valence electrons. The maximum atomic E-state index is 6.08. The van der Waals surface area contributed by atoms with Gasteiger partial charge in [0.15, 0.2) is 0 Å². The van der Waals surface area contributed by atoms with Crippen LogP contribution < -0.4 is 5.73 Å². The molecule has 1 atom stereocenters. The van der Waals surface area contributed by atoms with E-state index in [0.717, 1.165) is 18.7 Å². The summed E-state index contributed by atoms with van der Waals surface area (Å²) in [6, 6.07) is 4.52. The fourth-order valence-electron chi connectivity index (χ4n) is 2.77. The van der Waals surface area contributed by atoms with Gasteiger partial charge >= 0.3 is 0 Å². The highest BCUT2D eigenvalue weighted by molar-refractivity contribution is 6.38. The van der Waals surface area contributed by atoms with Crippen LogP contribution >= 0.6 is 23.2 Å². The lowest BCUT2D eigenvalue weighted by Gasteiger charge is -2.27. The number of nitrogens with two attached hydrogens (primary N) is 1. The molecule has 1 aromatic rings. The number of benzene rings is 1. The number of likely N-dealkylation sites (tertiary alicyclic amines) is 1. The molecule has 0 radical (unpaired) electrons. The summed E-state index contributed by atoms with van der Waals surface area (Å²) >= 11 is 12.2. The van der Waals surface area contributed by atoms with Crippen LogP contribution in [-0.4, -0.2) is 17.5 Å². The number of hydrogen-bond acceptors (Lipinski definition) is 2. The van der Waals surface area contributed by atoms with E-state index in [1.165, 1.54) is 12.8 Å². The third kappa shape index (κ3) is 2.93. The maximum Gasteiger partial charge on any atom is 0.0693 e. The zero-order chi connectivity index (χ0) is 13.3. The summed E-state index contributed by atoms with van der Waals surface area (Å²) in [5, 5.41) is 1.11. The van der Waals surface area contributed by atoms with Gasteiger partial charge < -0.3 is 5.73 Å². The molecule has 2 rings (SSSR count). The second-order valence-corrected chi connectivity index (χ2v) is 6.21. The Bertz CT molecular complexity index is 409. The lowest BCUT2D eigenvalue weighted by atomic mass is 10.0. The Labute approximate surface area is 119 Å². The minimum atomic E-state index is 0.476. The molecule has 4 heteroatoms. The first-order valence-electron chi connectivity index (χ1n) is 6.46. The second-order valence-electron chi connectivity index (χ2n) is 5.40. The summed E-state index contributed by atoms with van der Waals surface area (Å²) in [5.41, 5.74) is 7.38. The Morgan fingerprint density at radius 1 is 1.33 bits per heavy atom. The summed E-state index contributed by atoms with van der Waals surface area (Å²) in [6.07, 6.45) is 2.56. The Morgan fingerprint density at radius 3 is 2.50 bits per heavy atom. The number of nitrogens with zero attached hydrogens (tertiary/aromatic N) is 1. The van der Waals surface area contributed by atoms with Crippen molar-refractivity contribution in [1.82, 2.24) is 4.90 Å². The van der Waals surface area contributed by atoms with Crippen molar-refractivity contribution < 1.29 is 0 Å². The monoisotopic (exact) mass is 286 g/mol. The van der Waals surface area contributed by atoms with Gasteiger partial charge in [-0.2, -0.15) is 0 Å². The summed E-state index contributed by atoms with van der Waals surface area (Å²) < 4.78 is 0. The molecule has 0 aromatic heterocycles. The molecular weight excluding hydrogens is 267 g/mol. The van der Waals surface area contributed by atoms with Crippen molar-refractivity contribution in [3.05, 3.63) is 27.7 Å². The van der Waals surface area contributed by atoms with Crippen molar-refractivity contribution in [3.8, 4) is 0 Å².